The molecule has 2 aromatic heterocycles. The molecule has 25 heavy (non-hydrogen) atoms. The number of anilines is 1. The van der Waals surface area contributed by atoms with Gasteiger partial charge in [0.15, 0.2) is 11.5 Å². The number of nitrogens with zero attached hydrogens (tertiary/aromatic N) is 5. The van der Waals surface area contributed by atoms with Crippen LogP contribution in [-0.4, -0.2) is 56.9 Å². The zero-order valence-corrected chi connectivity index (χ0v) is 14.3. The highest BCUT2D eigenvalue weighted by atomic mass is 35.5. The van der Waals surface area contributed by atoms with Gasteiger partial charge in [-0.2, -0.15) is 0 Å². The average molecular weight is 357 g/mol. The number of hydrogen-bond donors (Lipinski definition) is 1. The lowest BCUT2D eigenvalue weighted by Crippen LogP contribution is -2.35. The van der Waals surface area contributed by atoms with Gasteiger partial charge < -0.3 is 14.8 Å². The van der Waals surface area contributed by atoms with Crippen molar-refractivity contribution in [3.63, 3.8) is 0 Å². The van der Waals surface area contributed by atoms with E-state index in [1.54, 1.807) is 30.6 Å². The molecule has 3 heterocycles. The molecule has 1 aliphatic heterocycles. The molecule has 3 aromatic rings. The number of imidazole rings is 1. The van der Waals surface area contributed by atoms with Crippen molar-refractivity contribution in [3.8, 4) is 0 Å². The van der Waals surface area contributed by atoms with Gasteiger partial charge in [-0.25, -0.2) is 15.0 Å². The Morgan fingerprint density at radius 2 is 2.04 bits per heavy atom. The van der Waals surface area contributed by atoms with Gasteiger partial charge in [-0.15, -0.1) is 0 Å². The van der Waals surface area contributed by atoms with Crippen molar-refractivity contribution >= 4 is 34.5 Å². The second-order valence-corrected chi connectivity index (χ2v) is 6.38. The number of carbonyl (C=O) groups is 1. The molecule has 1 N–H and O–H groups in total. The van der Waals surface area contributed by atoms with Gasteiger partial charge in [0.05, 0.1) is 6.33 Å². The number of aromatic nitrogens is 4. The van der Waals surface area contributed by atoms with E-state index in [4.69, 9.17) is 11.6 Å². The summed E-state index contributed by atoms with van der Waals surface area (Å²) < 4.78 is 0. The number of fused-ring (bicyclic) bond motifs is 1. The molecule has 4 rings (SSSR count). The molecule has 1 aliphatic rings. The number of aromatic amines is 1. The van der Waals surface area contributed by atoms with Gasteiger partial charge >= 0.3 is 0 Å². The Balaban J connectivity index is 1.52. The Morgan fingerprint density at radius 3 is 2.92 bits per heavy atom. The normalized spacial score (nSPS) is 15.4. The molecule has 1 amide bonds. The molecule has 0 spiro atoms. The van der Waals surface area contributed by atoms with E-state index in [1.165, 1.54) is 6.33 Å². The third-order valence-electron chi connectivity index (χ3n) is 4.36. The summed E-state index contributed by atoms with van der Waals surface area (Å²) in [6, 6.07) is 7.09. The fourth-order valence-corrected chi connectivity index (χ4v) is 3.32. The fourth-order valence-electron chi connectivity index (χ4n) is 3.13. The Bertz CT molecular complexity index is 911. The van der Waals surface area contributed by atoms with Crippen LogP contribution in [0.15, 0.2) is 36.9 Å². The largest absolute Gasteiger partial charge is 0.353 e. The first-order valence-corrected chi connectivity index (χ1v) is 8.54. The van der Waals surface area contributed by atoms with E-state index in [-0.39, 0.29) is 5.91 Å². The van der Waals surface area contributed by atoms with E-state index < -0.39 is 0 Å². The molecule has 0 unspecified atom stereocenters. The van der Waals surface area contributed by atoms with E-state index in [2.05, 4.69) is 24.8 Å². The highest BCUT2D eigenvalue weighted by molar-refractivity contribution is 6.30. The number of carbonyl (C=O) groups excluding carboxylic acids is 1. The van der Waals surface area contributed by atoms with Gasteiger partial charge in [0.1, 0.15) is 11.8 Å². The summed E-state index contributed by atoms with van der Waals surface area (Å²) in [4.78, 5) is 32.6. The van der Waals surface area contributed by atoms with Crippen LogP contribution in [0.4, 0.5) is 5.82 Å². The van der Waals surface area contributed by atoms with Crippen molar-refractivity contribution in [2.24, 2.45) is 0 Å². The van der Waals surface area contributed by atoms with Gasteiger partial charge in [0.25, 0.3) is 5.91 Å². The van der Waals surface area contributed by atoms with Crippen molar-refractivity contribution in [3.05, 3.63) is 47.5 Å². The number of rotatable bonds is 2. The molecule has 1 fully saturated rings. The smallest absolute Gasteiger partial charge is 0.253 e. The number of H-pyrrole nitrogens is 1. The predicted molar refractivity (Wildman–Crippen MR) is 95.9 cm³/mol. The van der Waals surface area contributed by atoms with Gasteiger partial charge in [0, 0.05) is 36.8 Å². The molecule has 128 valence electrons. The quantitative estimate of drug-likeness (QED) is 0.762. The van der Waals surface area contributed by atoms with E-state index in [0.717, 1.165) is 24.3 Å². The van der Waals surface area contributed by atoms with Crippen LogP contribution in [0.5, 0.6) is 0 Å². The Hall–Kier alpha value is -2.67. The monoisotopic (exact) mass is 356 g/mol. The standard InChI is InChI=1S/C17H17ClN6O/c18-13-4-1-3-12(9-13)17(25)24-6-2-5-23(7-8-24)16-14-15(20-10-19-14)21-11-22-16/h1,3-4,9-11H,2,5-8H2,(H,19,20,21,22). The van der Waals surface area contributed by atoms with Gasteiger partial charge in [-0.05, 0) is 24.6 Å². The Labute approximate surface area is 149 Å². The molecular weight excluding hydrogens is 340 g/mol. The lowest BCUT2D eigenvalue weighted by molar-refractivity contribution is 0.0767. The van der Waals surface area contributed by atoms with Crippen LogP contribution in [0.2, 0.25) is 5.02 Å². The van der Waals surface area contributed by atoms with Crippen LogP contribution in [-0.2, 0) is 0 Å². The maximum Gasteiger partial charge on any atom is 0.253 e. The Kier molecular flexibility index (Phi) is 4.23. The molecule has 1 aromatic carbocycles. The minimum atomic E-state index is 0.0127. The third-order valence-corrected chi connectivity index (χ3v) is 4.59. The second kappa shape index (κ2) is 6.68. The highest BCUT2D eigenvalue weighted by Crippen LogP contribution is 2.21. The number of benzene rings is 1. The first-order chi connectivity index (χ1) is 12.2. The highest BCUT2D eigenvalue weighted by Gasteiger charge is 2.22. The Morgan fingerprint density at radius 1 is 1.12 bits per heavy atom. The summed E-state index contributed by atoms with van der Waals surface area (Å²) in [6.45, 7) is 2.87. The van der Waals surface area contributed by atoms with Crippen molar-refractivity contribution in [1.82, 2.24) is 24.8 Å². The fraction of sp³-hybridized carbons (Fsp3) is 0.294. The maximum atomic E-state index is 12.7. The van der Waals surface area contributed by atoms with Gasteiger partial charge in [0.2, 0.25) is 0 Å². The molecule has 0 atom stereocenters. The first-order valence-electron chi connectivity index (χ1n) is 8.16. The molecule has 0 aliphatic carbocycles. The SMILES string of the molecule is O=C(c1cccc(Cl)c1)N1CCCN(c2ncnc3nc[nH]c23)CC1. The molecule has 1 saturated heterocycles. The summed E-state index contributed by atoms with van der Waals surface area (Å²) in [6.07, 6.45) is 4.01. The number of halogens is 1. The lowest BCUT2D eigenvalue weighted by atomic mass is 10.2. The number of amides is 1. The van der Waals surface area contributed by atoms with Crippen LogP contribution in [0.1, 0.15) is 16.8 Å². The average Bonchev–Trinajstić information content (AvgIpc) is 2.98. The van der Waals surface area contributed by atoms with Crippen LogP contribution in [0, 0.1) is 0 Å². The zero-order valence-electron chi connectivity index (χ0n) is 13.5. The zero-order chi connectivity index (χ0) is 17.2. The van der Waals surface area contributed by atoms with Crippen molar-refractivity contribution in [2.75, 3.05) is 31.1 Å². The molecule has 0 saturated carbocycles. The summed E-state index contributed by atoms with van der Waals surface area (Å²) in [5.74, 6) is 0.846. The molecule has 0 bridgehead atoms. The summed E-state index contributed by atoms with van der Waals surface area (Å²) in [5.41, 5.74) is 2.11. The van der Waals surface area contributed by atoms with Gasteiger partial charge in [-0.1, -0.05) is 17.7 Å². The van der Waals surface area contributed by atoms with Crippen molar-refractivity contribution < 1.29 is 4.79 Å². The first kappa shape index (κ1) is 15.8. The van der Waals surface area contributed by atoms with Crippen molar-refractivity contribution in [2.45, 2.75) is 6.42 Å². The van der Waals surface area contributed by atoms with Gasteiger partial charge in [-0.3, -0.25) is 4.79 Å². The minimum Gasteiger partial charge on any atom is -0.353 e. The predicted octanol–water partition coefficient (Wildman–Crippen LogP) is 2.36. The summed E-state index contributed by atoms with van der Waals surface area (Å²) in [7, 11) is 0. The summed E-state index contributed by atoms with van der Waals surface area (Å²) >= 11 is 6.01. The maximum absolute atomic E-state index is 12.7. The lowest BCUT2D eigenvalue weighted by Gasteiger charge is -2.23. The van der Waals surface area contributed by atoms with E-state index in [0.29, 0.717) is 35.9 Å². The van der Waals surface area contributed by atoms with Crippen LogP contribution >= 0.6 is 11.6 Å². The van der Waals surface area contributed by atoms with E-state index >= 15 is 0 Å². The van der Waals surface area contributed by atoms with Crippen LogP contribution in [0.25, 0.3) is 11.2 Å². The van der Waals surface area contributed by atoms with Crippen molar-refractivity contribution in [1.29, 1.82) is 0 Å². The summed E-state index contributed by atoms with van der Waals surface area (Å²) in [5, 5.41) is 0.574. The molecule has 7 nitrogen and oxygen atoms in total. The number of nitrogens with one attached hydrogen (secondary N) is 1. The third kappa shape index (κ3) is 3.15. The topological polar surface area (TPSA) is 78.0 Å². The van der Waals surface area contributed by atoms with E-state index in [1.807, 2.05) is 4.90 Å². The van der Waals surface area contributed by atoms with Crippen LogP contribution in [0.3, 0.4) is 0 Å². The van der Waals surface area contributed by atoms with Crippen LogP contribution < -0.4 is 4.90 Å². The molecular formula is C17H17ClN6O. The second-order valence-electron chi connectivity index (χ2n) is 5.94. The number of hydrogen-bond acceptors (Lipinski definition) is 5. The van der Waals surface area contributed by atoms with E-state index in [9.17, 15) is 4.79 Å². The molecule has 8 heteroatoms. The minimum absolute atomic E-state index is 0.0127. The molecule has 0 radical (unpaired) electrons.